The molecular weight excluding hydrogens is 250 g/mol. The van der Waals surface area contributed by atoms with Crippen molar-refractivity contribution in [1.82, 2.24) is 10.3 Å². The maximum atomic E-state index is 5.20. The van der Waals surface area contributed by atoms with Crippen LogP contribution < -0.4 is 10.2 Å². The molecular formula is C16H25N3O. The Morgan fingerprint density at radius 2 is 2.35 bits per heavy atom. The molecule has 0 amide bonds. The monoisotopic (exact) mass is 275 g/mol. The normalized spacial score (nSPS) is 15.3. The van der Waals surface area contributed by atoms with Crippen LogP contribution in [0.25, 0.3) is 0 Å². The van der Waals surface area contributed by atoms with E-state index in [1.165, 1.54) is 16.8 Å². The SMILES string of the molecule is CCCNCc1cnccc1N1CC=C(COC)CC1. The average molecular weight is 275 g/mol. The molecule has 1 aromatic heterocycles. The van der Waals surface area contributed by atoms with Gasteiger partial charge in [0.15, 0.2) is 0 Å². The van der Waals surface area contributed by atoms with Crippen LogP contribution in [0.4, 0.5) is 5.69 Å². The Hall–Kier alpha value is -1.39. The molecule has 0 saturated heterocycles. The second-order valence-corrected chi connectivity index (χ2v) is 5.17. The van der Waals surface area contributed by atoms with E-state index in [2.05, 4.69) is 34.3 Å². The molecule has 0 atom stereocenters. The van der Waals surface area contributed by atoms with Crippen molar-refractivity contribution in [2.24, 2.45) is 0 Å². The van der Waals surface area contributed by atoms with Crippen LogP contribution in [0.5, 0.6) is 0 Å². The van der Waals surface area contributed by atoms with Gasteiger partial charge in [-0.3, -0.25) is 4.98 Å². The molecule has 1 aromatic rings. The standard InChI is InChI=1S/C16H25N3O/c1-3-7-17-11-15-12-18-8-4-16(15)19-9-5-14(6-10-19)13-20-2/h4-5,8,12,17H,3,6-7,9-11,13H2,1-2H3. The summed E-state index contributed by atoms with van der Waals surface area (Å²) in [4.78, 5) is 6.68. The quantitative estimate of drug-likeness (QED) is 0.612. The molecule has 0 fully saturated rings. The van der Waals surface area contributed by atoms with Crippen LogP contribution in [0.15, 0.2) is 30.1 Å². The molecule has 1 aliphatic rings. The molecule has 0 radical (unpaired) electrons. The van der Waals surface area contributed by atoms with E-state index in [1.54, 1.807) is 7.11 Å². The van der Waals surface area contributed by atoms with Crippen LogP contribution >= 0.6 is 0 Å². The first-order chi connectivity index (χ1) is 9.85. The number of ether oxygens (including phenoxy) is 1. The third-order valence-electron chi connectivity index (χ3n) is 3.59. The predicted octanol–water partition coefficient (Wildman–Crippen LogP) is 2.36. The Labute approximate surface area is 121 Å². The summed E-state index contributed by atoms with van der Waals surface area (Å²) >= 11 is 0. The van der Waals surface area contributed by atoms with E-state index in [9.17, 15) is 0 Å². The Balaban J connectivity index is 2.02. The van der Waals surface area contributed by atoms with Crippen LogP contribution in [0.1, 0.15) is 25.3 Å². The summed E-state index contributed by atoms with van der Waals surface area (Å²) in [6.07, 6.45) is 8.39. The van der Waals surface area contributed by atoms with E-state index in [-0.39, 0.29) is 0 Å². The lowest BCUT2D eigenvalue weighted by Crippen LogP contribution is -2.30. The van der Waals surface area contributed by atoms with Gasteiger partial charge in [0.05, 0.1) is 6.61 Å². The van der Waals surface area contributed by atoms with Crippen LogP contribution in [0, 0.1) is 0 Å². The number of pyridine rings is 1. The highest BCUT2D eigenvalue weighted by molar-refractivity contribution is 5.53. The van der Waals surface area contributed by atoms with Crippen molar-refractivity contribution in [3.63, 3.8) is 0 Å². The number of nitrogens with one attached hydrogen (secondary N) is 1. The molecule has 0 saturated carbocycles. The minimum Gasteiger partial charge on any atom is -0.380 e. The zero-order valence-electron chi connectivity index (χ0n) is 12.6. The van der Waals surface area contributed by atoms with Gasteiger partial charge in [-0.2, -0.15) is 0 Å². The first kappa shape index (κ1) is 15.0. The summed E-state index contributed by atoms with van der Waals surface area (Å²) in [5.41, 5.74) is 3.99. The second kappa shape index (κ2) is 8.02. The van der Waals surface area contributed by atoms with E-state index >= 15 is 0 Å². The van der Waals surface area contributed by atoms with E-state index in [1.807, 2.05) is 12.4 Å². The Kier molecular flexibility index (Phi) is 6.02. The summed E-state index contributed by atoms with van der Waals surface area (Å²) in [7, 11) is 1.76. The van der Waals surface area contributed by atoms with Gasteiger partial charge in [-0.05, 0) is 31.0 Å². The largest absolute Gasteiger partial charge is 0.380 e. The molecule has 20 heavy (non-hydrogen) atoms. The Morgan fingerprint density at radius 3 is 3.05 bits per heavy atom. The van der Waals surface area contributed by atoms with Gasteiger partial charge in [-0.15, -0.1) is 0 Å². The molecule has 0 aromatic carbocycles. The number of hydrogen-bond donors (Lipinski definition) is 1. The van der Waals surface area contributed by atoms with Crippen molar-refractivity contribution in [2.45, 2.75) is 26.3 Å². The van der Waals surface area contributed by atoms with Gasteiger partial charge < -0.3 is 15.0 Å². The van der Waals surface area contributed by atoms with Crippen molar-refractivity contribution >= 4 is 5.69 Å². The zero-order valence-corrected chi connectivity index (χ0v) is 12.6. The number of methoxy groups -OCH3 is 1. The number of rotatable bonds is 7. The molecule has 1 aliphatic heterocycles. The fourth-order valence-corrected chi connectivity index (χ4v) is 2.51. The second-order valence-electron chi connectivity index (χ2n) is 5.17. The fourth-order valence-electron chi connectivity index (χ4n) is 2.51. The average Bonchev–Trinajstić information content (AvgIpc) is 2.49. The smallest absolute Gasteiger partial charge is 0.0674 e. The molecule has 0 bridgehead atoms. The van der Waals surface area contributed by atoms with Crippen molar-refractivity contribution < 1.29 is 4.74 Å². The van der Waals surface area contributed by atoms with Crippen molar-refractivity contribution in [2.75, 3.05) is 38.3 Å². The Bertz CT molecular complexity index is 445. The highest BCUT2D eigenvalue weighted by atomic mass is 16.5. The fraction of sp³-hybridized carbons (Fsp3) is 0.562. The van der Waals surface area contributed by atoms with Gasteiger partial charge in [-0.1, -0.05) is 13.0 Å². The van der Waals surface area contributed by atoms with Crippen molar-refractivity contribution in [1.29, 1.82) is 0 Å². The molecule has 2 heterocycles. The topological polar surface area (TPSA) is 37.4 Å². The van der Waals surface area contributed by atoms with Crippen LogP contribution in [0.3, 0.4) is 0 Å². The highest BCUT2D eigenvalue weighted by Gasteiger charge is 2.14. The van der Waals surface area contributed by atoms with Crippen molar-refractivity contribution in [3.8, 4) is 0 Å². The first-order valence-electron chi connectivity index (χ1n) is 7.40. The number of aromatic nitrogens is 1. The highest BCUT2D eigenvalue weighted by Crippen LogP contribution is 2.23. The summed E-state index contributed by atoms with van der Waals surface area (Å²) < 4.78 is 5.20. The maximum Gasteiger partial charge on any atom is 0.0674 e. The van der Waals surface area contributed by atoms with Gasteiger partial charge in [-0.25, -0.2) is 0 Å². The molecule has 1 N–H and O–H groups in total. The van der Waals surface area contributed by atoms with E-state index < -0.39 is 0 Å². The van der Waals surface area contributed by atoms with Gasteiger partial charge in [0.2, 0.25) is 0 Å². The molecule has 0 spiro atoms. The van der Waals surface area contributed by atoms with E-state index in [0.717, 1.165) is 45.6 Å². The zero-order chi connectivity index (χ0) is 14.2. The maximum absolute atomic E-state index is 5.20. The van der Waals surface area contributed by atoms with Gasteiger partial charge in [0, 0.05) is 50.4 Å². The summed E-state index contributed by atoms with van der Waals surface area (Å²) in [6, 6.07) is 2.12. The summed E-state index contributed by atoms with van der Waals surface area (Å²) in [6.45, 7) is 6.90. The lowest BCUT2D eigenvalue weighted by molar-refractivity contribution is 0.222. The van der Waals surface area contributed by atoms with Gasteiger partial charge >= 0.3 is 0 Å². The lowest BCUT2D eigenvalue weighted by Gasteiger charge is -2.30. The first-order valence-corrected chi connectivity index (χ1v) is 7.40. The molecule has 0 aliphatic carbocycles. The van der Waals surface area contributed by atoms with Crippen LogP contribution in [0.2, 0.25) is 0 Å². The minimum absolute atomic E-state index is 0.759. The van der Waals surface area contributed by atoms with Crippen molar-refractivity contribution in [3.05, 3.63) is 35.7 Å². The van der Waals surface area contributed by atoms with E-state index in [0.29, 0.717) is 0 Å². The third-order valence-corrected chi connectivity index (χ3v) is 3.59. The van der Waals surface area contributed by atoms with Gasteiger partial charge in [0.25, 0.3) is 0 Å². The summed E-state index contributed by atoms with van der Waals surface area (Å²) in [5, 5.41) is 3.46. The van der Waals surface area contributed by atoms with Gasteiger partial charge in [0.1, 0.15) is 0 Å². The van der Waals surface area contributed by atoms with Crippen LogP contribution in [-0.4, -0.2) is 38.3 Å². The third kappa shape index (κ3) is 4.05. The number of anilines is 1. The predicted molar refractivity (Wildman–Crippen MR) is 83.0 cm³/mol. The van der Waals surface area contributed by atoms with Crippen LogP contribution in [-0.2, 0) is 11.3 Å². The number of nitrogens with zero attached hydrogens (tertiary/aromatic N) is 2. The molecule has 110 valence electrons. The Morgan fingerprint density at radius 1 is 1.45 bits per heavy atom. The summed E-state index contributed by atoms with van der Waals surface area (Å²) in [5.74, 6) is 0. The molecule has 4 nitrogen and oxygen atoms in total. The number of hydrogen-bond acceptors (Lipinski definition) is 4. The molecule has 2 rings (SSSR count). The molecule has 4 heteroatoms. The lowest BCUT2D eigenvalue weighted by atomic mass is 10.1. The molecule has 0 unspecified atom stereocenters. The van der Waals surface area contributed by atoms with E-state index in [4.69, 9.17) is 4.74 Å². The minimum atomic E-state index is 0.759.